The van der Waals surface area contributed by atoms with Crippen LogP contribution in [0.15, 0.2) is 47.4 Å². The van der Waals surface area contributed by atoms with Crippen LogP contribution < -0.4 is 10.5 Å². The van der Waals surface area contributed by atoms with Gasteiger partial charge in [0.2, 0.25) is 0 Å². The zero-order chi connectivity index (χ0) is 14.8. The van der Waals surface area contributed by atoms with E-state index in [1.807, 2.05) is 19.1 Å². The lowest BCUT2D eigenvalue weighted by atomic mass is 10.2. The Morgan fingerprint density at radius 2 is 1.80 bits per heavy atom. The summed E-state index contributed by atoms with van der Waals surface area (Å²) in [6.07, 6.45) is 0. The van der Waals surface area contributed by atoms with Crippen LogP contribution in [0.1, 0.15) is 16.7 Å². The van der Waals surface area contributed by atoms with Gasteiger partial charge in [-0.25, -0.2) is 8.42 Å². The molecule has 4 nitrogen and oxygen atoms in total. The predicted octanol–water partition coefficient (Wildman–Crippen LogP) is 2.56. The van der Waals surface area contributed by atoms with Crippen LogP contribution in [0.2, 0.25) is 0 Å². The first-order chi connectivity index (χ1) is 9.44. The highest BCUT2D eigenvalue weighted by Gasteiger charge is 2.17. The van der Waals surface area contributed by atoms with E-state index >= 15 is 0 Å². The molecule has 0 fully saturated rings. The maximum atomic E-state index is 12.4. The first-order valence-electron chi connectivity index (χ1n) is 6.32. The fraction of sp³-hybridized carbons (Fsp3) is 0.200. The van der Waals surface area contributed by atoms with Crippen molar-refractivity contribution in [1.29, 1.82) is 0 Å². The molecule has 0 heterocycles. The van der Waals surface area contributed by atoms with Gasteiger partial charge < -0.3 is 5.73 Å². The molecule has 0 spiro atoms. The first-order valence-corrected chi connectivity index (χ1v) is 7.80. The average Bonchev–Trinajstić information content (AvgIpc) is 2.38. The van der Waals surface area contributed by atoms with E-state index in [-0.39, 0.29) is 11.4 Å². The van der Waals surface area contributed by atoms with E-state index in [1.165, 1.54) is 0 Å². The number of benzene rings is 2. The number of nitrogens with two attached hydrogens (primary N) is 1. The summed E-state index contributed by atoms with van der Waals surface area (Å²) < 4.78 is 27.5. The summed E-state index contributed by atoms with van der Waals surface area (Å²) in [6, 6.07) is 12.4. The molecule has 0 saturated heterocycles. The Bertz CT molecular complexity index is 724. The molecule has 2 rings (SSSR count). The van der Waals surface area contributed by atoms with Gasteiger partial charge in [0.05, 0.1) is 10.6 Å². The summed E-state index contributed by atoms with van der Waals surface area (Å²) in [7, 11) is -3.60. The second-order valence-corrected chi connectivity index (χ2v) is 6.39. The minimum absolute atomic E-state index is 0.283. The molecule has 0 amide bonds. The SMILES string of the molecule is Cc1ccc(S(=O)(=O)Nc2ccccc2CN)c(C)c1. The van der Waals surface area contributed by atoms with E-state index < -0.39 is 10.0 Å². The van der Waals surface area contributed by atoms with Crippen LogP contribution in [-0.2, 0) is 16.6 Å². The summed E-state index contributed by atoms with van der Waals surface area (Å²) in [5, 5.41) is 0. The van der Waals surface area contributed by atoms with E-state index in [2.05, 4.69) is 4.72 Å². The standard InChI is InChI=1S/C15H18N2O2S/c1-11-7-8-15(12(2)9-11)20(18,19)17-14-6-4-3-5-13(14)10-16/h3-9,17H,10,16H2,1-2H3. The summed E-state index contributed by atoms with van der Waals surface area (Å²) >= 11 is 0. The molecule has 5 heteroatoms. The van der Waals surface area contributed by atoms with Crippen LogP contribution in [0, 0.1) is 13.8 Å². The van der Waals surface area contributed by atoms with Gasteiger partial charge >= 0.3 is 0 Å². The van der Waals surface area contributed by atoms with Crippen molar-refractivity contribution < 1.29 is 8.42 Å². The van der Waals surface area contributed by atoms with Gasteiger partial charge in [-0.3, -0.25) is 4.72 Å². The zero-order valence-corrected chi connectivity index (χ0v) is 12.4. The lowest BCUT2D eigenvalue weighted by molar-refractivity contribution is 0.600. The molecule has 0 atom stereocenters. The van der Waals surface area contributed by atoms with Gasteiger partial charge in [-0.05, 0) is 37.1 Å². The van der Waals surface area contributed by atoms with Crippen molar-refractivity contribution in [3.63, 3.8) is 0 Å². The van der Waals surface area contributed by atoms with Gasteiger partial charge in [-0.1, -0.05) is 35.9 Å². The van der Waals surface area contributed by atoms with Gasteiger partial charge in [0.25, 0.3) is 10.0 Å². The van der Waals surface area contributed by atoms with Gasteiger partial charge in [0.15, 0.2) is 0 Å². The highest BCUT2D eigenvalue weighted by Crippen LogP contribution is 2.22. The van der Waals surface area contributed by atoms with Crippen molar-refractivity contribution in [2.75, 3.05) is 4.72 Å². The molecule has 0 aliphatic heterocycles. The normalized spacial score (nSPS) is 11.3. The smallest absolute Gasteiger partial charge is 0.262 e. The number of anilines is 1. The Morgan fingerprint density at radius 1 is 1.10 bits per heavy atom. The van der Waals surface area contributed by atoms with Crippen LogP contribution in [0.3, 0.4) is 0 Å². The Labute approximate surface area is 119 Å². The van der Waals surface area contributed by atoms with Crippen molar-refractivity contribution in [2.24, 2.45) is 5.73 Å². The maximum Gasteiger partial charge on any atom is 0.262 e. The molecule has 2 aromatic rings. The zero-order valence-electron chi connectivity index (χ0n) is 11.6. The molecule has 0 radical (unpaired) electrons. The van der Waals surface area contributed by atoms with Gasteiger partial charge in [0.1, 0.15) is 0 Å². The van der Waals surface area contributed by atoms with Gasteiger partial charge in [-0.15, -0.1) is 0 Å². The van der Waals surface area contributed by atoms with Crippen molar-refractivity contribution >= 4 is 15.7 Å². The molecule has 0 aliphatic carbocycles. The fourth-order valence-electron chi connectivity index (χ4n) is 2.10. The van der Waals surface area contributed by atoms with Gasteiger partial charge in [0, 0.05) is 6.54 Å². The van der Waals surface area contributed by atoms with Crippen LogP contribution in [0.4, 0.5) is 5.69 Å². The Hall–Kier alpha value is -1.85. The minimum Gasteiger partial charge on any atom is -0.326 e. The van der Waals surface area contributed by atoms with E-state index in [0.717, 1.165) is 16.7 Å². The Balaban J connectivity index is 2.41. The first kappa shape index (κ1) is 14.6. The second-order valence-electron chi connectivity index (χ2n) is 4.74. The maximum absolute atomic E-state index is 12.4. The molecule has 3 N–H and O–H groups in total. The molecular weight excluding hydrogens is 272 g/mol. The molecule has 106 valence electrons. The fourth-order valence-corrected chi connectivity index (χ4v) is 3.43. The third kappa shape index (κ3) is 3.00. The minimum atomic E-state index is -3.60. The second kappa shape index (κ2) is 5.64. The number of sulfonamides is 1. The molecule has 0 unspecified atom stereocenters. The lowest BCUT2D eigenvalue weighted by Gasteiger charge is -2.13. The van der Waals surface area contributed by atoms with Crippen molar-refractivity contribution in [3.05, 3.63) is 59.2 Å². The average molecular weight is 290 g/mol. The van der Waals surface area contributed by atoms with Crippen molar-refractivity contribution in [3.8, 4) is 0 Å². The third-order valence-corrected chi connectivity index (χ3v) is 4.63. The Kier molecular flexibility index (Phi) is 4.11. The molecule has 2 aromatic carbocycles. The molecule has 20 heavy (non-hydrogen) atoms. The summed E-state index contributed by atoms with van der Waals surface area (Å²) in [6.45, 7) is 4.00. The van der Waals surface area contributed by atoms with Gasteiger partial charge in [-0.2, -0.15) is 0 Å². The number of para-hydroxylation sites is 1. The summed E-state index contributed by atoms with van der Waals surface area (Å²) in [5.41, 5.74) is 8.67. The Morgan fingerprint density at radius 3 is 2.45 bits per heavy atom. The van der Waals surface area contributed by atoms with Crippen molar-refractivity contribution in [2.45, 2.75) is 25.3 Å². The van der Waals surface area contributed by atoms with E-state index in [0.29, 0.717) is 5.69 Å². The highest BCUT2D eigenvalue weighted by molar-refractivity contribution is 7.92. The third-order valence-electron chi connectivity index (χ3n) is 3.10. The van der Waals surface area contributed by atoms with Crippen molar-refractivity contribution in [1.82, 2.24) is 0 Å². The topological polar surface area (TPSA) is 72.2 Å². The predicted molar refractivity (Wildman–Crippen MR) is 81.1 cm³/mol. The molecule has 0 aliphatic rings. The van der Waals surface area contributed by atoms with Crippen LogP contribution in [0.25, 0.3) is 0 Å². The van der Waals surface area contributed by atoms with Crippen LogP contribution >= 0.6 is 0 Å². The molecule has 0 saturated carbocycles. The molecule has 0 aromatic heterocycles. The highest BCUT2D eigenvalue weighted by atomic mass is 32.2. The number of nitrogens with one attached hydrogen (secondary N) is 1. The van der Waals surface area contributed by atoms with Crippen LogP contribution in [-0.4, -0.2) is 8.42 Å². The monoisotopic (exact) mass is 290 g/mol. The van der Waals surface area contributed by atoms with Crippen LogP contribution in [0.5, 0.6) is 0 Å². The van der Waals surface area contributed by atoms with E-state index in [4.69, 9.17) is 5.73 Å². The number of hydrogen-bond donors (Lipinski definition) is 2. The summed E-state index contributed by atoms with van der Waals surface area (Å²) in [5.74, 6) is 0. The number of rotatable bonds is 4. The summed E-state index contributed by atoms with van der Waals surface area (Å²) in [4.78, 5) is 0.287. The quantitative estimate of drug-likeness (QED) is 0.909. The lowest BCUT2D eigenvalue weighted by Crippen LogP contribution is -2.16. The molecule has 0 bridgehead atoms. The molecular formula is C15H18N2O2S. The number of aryl methyl sites for hydroxylation is 2. The largest absolute Gasteiger partial charge is 0.326 e. The van der Waals surface area contributed by atoms with E-state index in [9.17, 15) is 8.42 Å². The number of hydrogen-bond acceptors (Lipinski definition) is 3. The van der Waals surface area contributed by atoms with E-state index in [1.54, 1.807) is 37.3 Å².